The molecule has 0 amide bonds. The van der Waals surface area contributed by atoms with E-state index < -0.39 is 0 Å². The Morgan fingerprint density at radius 3 is 2.45 bits per heavy atom. The molecule has 1 aromatic carbocycles. The molecule has 1 rings (SSSR count). The smallest absolute Gasteiger partial charge is 0.0284 e. The predicted molar refractivity (Wildman–Crippen MR) is 47.0 cm³/mol. The molecule has 11 heavy (non-hydrogen) atoms. The third-order valence-corrected chi connectivity index (χ3v) is 1.56. The number of hydrogen-bond acceptors (Lipinski definition) is 0. The maximum absolute atomic E-state index is 5.26. The molecule has 0 radical (unpaired) electrons. The lowest BCUT2D eigenvalue weighted by Gasteiger charge is -1.97. The number of benzene rings is 1. The van der Waals surface area contributed by atoms with E-state index in [-0.39, 0.29) is 0 Å². The van der Waals surface area contributed by atoms with Crippen LogP contribution in [0.4, 0.5) is 0 Å². The SMILES string of the molecule is C#Cc1ccc(C)c(C#C)c1. The summed E-state index contributed by atoms with van der Waals surface area (Å²) >= 11 is 0. The molecule has 0 aliphatic heterocycles. The van der Waals surface area contributed by atoms with E-state index in [0.717, 1.165) is 16.7 Å². The second kappa shape index (κ2) is 2.95. The quantitative estimate of drug-likeness (QED) is 0.483. The Morgan fingerprint density at radius 1 is 1.18 bits per heavy atom. The maximum Gasteiger partial charge on any atom is 0.0284 e. The van der Waals surface area contributed by atoms with Crippen LogP contribution in [0.25, 0.3) is 0 Å². The lowest BCUT2D eigenvalue weighted by Crippen LogP contribution is -1.82. The van der Waals surface area contributed by atoms with Crippen LogP contribution in [0.1, 0.15) is 16.7 Å². The summed E-state index contributed by atoms with van der Waals surface area (Å²) in [5.74, 6) is 5.11. The Labute approximate surface area is 67.3 Å². The Morgan fingerprint density at radius 2 is 1.91 bits per heavy atom. The van der Waals surface area contributed by atoms with Crippen LogP contribution in [0.2, 0.25) is 0 Å². The van der Waals surface area contributed by atoms with Gasteiger partial charge in [-0.1, -0.05) is 17.9 Å². The molecule has 0 fully saturated rings. The van der Waals surface area contributed by atoms with Crippen molar-refractivity contribution in [1.29, 1.82) is 0 Å². The monoisotopic (exact) mass is 140 g/mol. The van der Waals surface area contributed by atoms with Crippen molar-refractivity contribution in [1.82, 2.24) is 0 Å². The molecular weight excluding hydrogens is 132 g/mol. The van der Waals surface area contributed by atoms with Gasteiger partial charge >= 0.3 is 0 Å². The minimum Gasteiger partial charge on any atom is -0.115 e. The third-order valence-electron chi connectivity index (χ3n) is 1.56. The van der Waals surface area contributed by atoms with Gasteiger partial charge in [0.25, 0.3) is 0 Å². The fourth-order valence-electron chi connectivity index (χ4n) is 0.867. The van der Waals surface area contributed by atoms with Gasteiger partial charge in [0.2, 0.25) is 0 Å². The van der Waals surface area contributed by atoms with Gasteiger partial charge in [-0.15, -0.1) is 12.8 Å². The van der Waals surface area contributed by atoms with Crippen molar-refractivity contribution in [2.45, 2.75) is 6.92 Å². The van der Waals surface area contributed by atoms with Crippen molar-refractivity contribution in [2.24, 2.45) is 0 Å². The van der Waals surface area contributed by atoms with E-state index in [1.807, 2.05) is 25.1 Å². The Kier molecular flexibility index (Phi) is 2.00. The number of terminal acetylenes is 2. The van der Waals surface area contributed by atoms with Crippen molar-refractivity contribution in [2.75, 3.05) is 0 Å². The molecule has 0 heterocycles. The molecule has 0 saturated carbocycles. The fraction of sp³-hybridized carbons (Fsp3) is 0.0909. The zero-order valence-electron chi connectivity index (χ0n) is 6.39. The second-order valence-corrected chi connectivity index (χ2v) is 2.32. The largest absolute Gasteiger partial charge is 0.115 e. The topological polar surface area (TPSA) is 0 Å². The molecule has 0 aromatic heterocycles. The van der Waals surface area contributed by atoms with E-state index in [2.05, 4.69) is 11.8 Å². The molecule has 0 heteroatoms. The zero-order chi connectivity index (χ0) is 8.27. The summed E-state index contributed by atoms with van der Waals surface area (Å²) in [7, 11) is 0. The van der Waals surface area contributed by atoms with Crippen LogP contribution >= 0.6 is 0 Å². The van der Waals surface area contributed by atoms with Gasteiger partial charge in [0.05, 0.1) is 0 Å². The molecule has 1 aromatic rings. The highest BCUT2D eigenvalue weighted by Gasteiger charge is 1.93. The Bertz CT molecular complexity index is 345. The summed E-state index contributed by atoms with van der Waals surface area (Å²) in [4.78, 5) is 0. The highest BCUT2D eigenvalue weighted by atomic mass is 14.0. The minimum absolute atomic E-state index is 0.837. The van der Waals surface area contributed by atoms with E-state index in [1.165, 1.54) is 0 Å². The normalized spacial score (nSPS) is 8.27. The van der Waals surface area contributed by atoms with Gasteiger partial charge in [0.15, 0.2) is 0 Å². The van der Waals surface area contributed by atoms with Crippen molar-refractivity contribution in [3.63, 3.8) is 0 Å². The van der Waals surface area contributed by atoms with Crippen LogP contribution in [0.5, 0.6) is 0 Å². The van der Waals surface area contributed by atoms with Gasteiger partial charge < -0.3 is 0 Å². The average Bonchev–Trinajstić information content (AvgIpc) is 2.05. The van der Waals surface area contributed by atoms with E-state index in [1.54, 1.807) is 0 Å². The van der Waals surface area contributed by atoms with Gasteiger partial charge in [-0.2, -0.15) is 0 Å². The summed E-state index contributed by atoms with van der Waals surface area (Å²) in [6, 6.07) is 5.66. The molecule has 0 bridgehead atoms. The van der Waals surface area contributed by atoms with Crippen molar-refractivity contribution in [3.8, 4) is 24.7 Å². The van der Waals surface area contributed by atoms with Gasteiger partial charge in [-0.25, -0.2) is 0 Å². The molecule has 52 valence electrons. The first-order valence-corrected chi connectivity index (χ1v) is 3.32. The fourth-order valence-corrected chi connectivity index (χ4v) is 0.867. The molecule has 0 N–H and O–H groups in total. The van der Waals surface area contributed by atoms with Gasteiger partial charge in [-0.05, 0) is 24.6 Å². The van der Waals surface area contributed by atoms with Crippen LogP contribution in [0.3, 0.4) is 0 Å². The van der Waals surface area contributed by atoms with Crippen LogP contribution in [-0.4, -0.2) is 0 Å². The van der Waals surface area contributed by atoms with Crippen LogP contribution in [-0.2, 0) is 0 Å². The van der Waals surface area contributed by atoms with Crippen LogP contribution in [0, 0.1) is 31.6 Å². The first-order chi connectivity index (χ1) is 5.27. The molecule has 0 aliphatic carbocycles. The lowest BCUT2D eigenvalue weighted by molar-refractivity contribution is 1.42. The molecule has 0 atom stereocenters. The average molecular weight is 140 g/mol. The van der Waals surface area contributed by atoms with E-state index in [9.17, 15) is 0 Å². The third kappa shape index (κ3) is 1.42. The van der Waals surface area contributed by atoms with Gasteiger partial charge in [-0.3, -0.25) is 0 Å². The van der Waals surface area contributed by atoms with E-state index in [4.69, 9.17) is 12.8 Å². The summed E-state index contributed by atoms with van der Waals surface area (Å²) in [6.45, 7) is 1.97. The summed E-state index contributed by atoms with van der Waals surface area (Å²) < 4.78 is 0. The second-order valence-electron chi connectivity index (χ2n) is 2.32. The predicted octanol–water partition coefficient (Wildman–Crippen LogP) is 1.96. The number of aryl methyl sites for hydroxylation is 1. The first-order valence-electron chi connectivity index (χ1n) is 3.32. The maximum atomic E-state index is 5.26. The highest BCUT2D eigenvalue weighted by Crippen LogP contribution is 2.08. The highest BCUT2D eigenvalue weighted by molar-refractivity contribution is 5.46. The van der Waals surface area contributed by atoms with Crippen LogP contribution < -0.4 is 0 Å². The summed E-state index contributed by atoms with van der Waals surface area (Å²) in [5, 5.41) is 0. The summed E-state index contributed by atoms with van der Waals surface area (Å²) in [6.07, 6.45) is 10.5. The molecule has 0 nitrogen and oxygen atoms in total. The molecule has 0 spiro atoms. The van der Waals surface area contributed by atoms with Crippen molar-refractivity contribution < 1.29 is 0 Å². The van der Waals surface area contributed by atoms with E-state index in [0.29, 0.717) is 0 Å². The molecular formula is C11H8. The lowest BCUT2D eigenvalue weighted by atomic mass is 10.1. The zero-order valence-corrected chi connectivity index (χ0v) is 6.39. The van der Waals surface area contributed by atoms with Crippen LogP contribution in [0.15, 0.2) is 18.2 Å². The number of rotatable bonds is 0. The van der Waals surface area contributed by atoms with Crippen molar-refractivity contribution >= 4 is 0 Å². The Hall–Kier alpha value is -1.66. The van der Waals surface area contributed by atoms with E-state index >= 15 is 0 Å². The standard InChI is InChI=1S/C11H8/c1-4-10-7-6-9(3)11(5-2)8-10/h1-2,6-8H,3H3. The molecule has 0 saturated heterocycles. The molecule has 0 unspecified atom stereocenters. The Balaban J connectivity index is 3.29. The summed E-state index contributed by atoms with van der Waals surface area (Å²) in [5.41, 5.74) is 2.80. The van der Waals surface area contributed by atoms with Gasteiger partial charge in [0, 0.05) is 11.1 Å². The first kappa shape index (κ1) is 7.45. The van der Waals surface area contributed by atoms with Crippen molar-refractivity contribution in [3.05, 3.63) is 34.9 Å². The van der Waals surface area contributed by atoms with Gasteiger partial charge in [0.1, 0.15) is 0 Å². The minimum atomic E-state index is 0.837. The number of hydrogen-bond donors (Lipinski definition) is 0. The molecule has 0 aliphatic rings.